The van der Waals surface area contributed by atoms with Crippen LogP contribution in [0.3, 0.4) is 0 Å². The van der Waals surface area contributed by atoms with E-state index in [0.717, 1.165) is 49.1 Å². The molecule has 35 heavy (non-hydrogen) atoms. The van der Waals surface area contributed by atoms with E-state index >= 15 is 0 Å². The highest BCUT2D eigenvalue weighted by molar-refractivity contribution is 5.85. The van der Waals surface area contributed by atoms with Crippen molar-refractivity contribution in [3.63, 3.8) is 0 Å². The molecule has 8 nitrogen and oxygen atoms in total. The van der Waals surface area contributed by atoms with Gasteiger partial charge in [0.05, 0.1) is 11.5 Å². The molecule has 2 aliphatic rings. The summed E-state index contributed by atoms with van der Waals surface area (Å²) in [5.74, 6) is 0.642. The van der Waals surface area contributed by atoms with Crippen LogP contribution in [0.25, 0.3) is 22.1 Å². The van der Waals surface area contributed by atoms with Gasteiger partial charge in [0.2, 0.25) is 5.95 Å². The average Bonchev–Trinajstić information content (AvgIpc) is 3.42. The maximum atomic E-state index is 13.9. The molecule has 0 amide bonds. The fraction of sp³-hybridized carbons (Fsp3) is 0.308. The van der Waals surface area contributed by atoms with Crippen LogP contribution >= 0.6 is 0 Å². The number of para-hydroxylation sites is 1. The molecule has 1 aliphatic carbocycles. The van der Waals surface area contributed by atoms with Crippen molar-refractivity contribution in [1.29, 1.82) is 0 Å². The van der Waals surface area contributed by atoms with Crippen molar-refractivity contribution in [2.24, 2.45) is 4.99 Å². The van der Waals surface area contributed by atoms with Crippen molar-refractivity contribution >= 4 is 34.8 Å². The molecule has 4 aromatic rings. The van der Waals surface area contributed by atoms with E-state index in [0.29, 0.717) is 23.9 Å². The number of aromatic nitrogens is 5. The van der Waals surface area contributed by atoms with E-state index in [1.165, 1.54) is 41.4 Å². The number of hydrogen-bond donors (Lipinski definition) is 3. The van der Waals surface area contributed by atoms with Crippen LogP contribution in [0.15, 0.2) is 47.4 Å². The van der Waals surface area contributed by atoms with Gasteiger partial charge in [-0.2, -0.15) is 14.6 Å². The van der Waals surface area contributed by atoms with Crippen LogP contribution in [0, 0.1) is 0 Å². The number of hydrogen-bond acceptors (Lipinski definition) is 6. The summed E-state index contributed by atoms with van der Waals surface area (Å²) in [6.45, 7) is 6.49. The van der Waals surface area contributed by atoms with E-state index in [1.807, 2.05) is 0 Å². The van der Waals surface area contributed by atoms with Gasteiger partial charge < -0.3 is 15.6 Å². The highest BCUT2D eigenvalue weighted by Gasteiger charge is 2.26. The lowest BCUT2D eigenvalue weighted by Gasteiger charge is -2.24. The van der Waals surface area contributed by atoms with Crippen LogP contribution in [0.5, 0.6) is 0 Å². The minimum Gasteiger partial charge on any atom is -0.358 e. The van der Waals surface area contributed by atoms with Crippen molar-refractivity contribution < 1.29 is 4.39 Å². The molecular formula is C26H27FN8. The Morgan fingerprint density at radius 2 is 2.14 bits per heavy atom. The van der Waals surface area contributed by atoms with E-state index in [9.17, 15) is 4.39 Å². The number of H-pyrrole nitrogens is 1. The molecule has 0 spiro atoms. The van der Waals surface area contributed by atoms with Gasteiger partial charge in [-0.1, -0.05) is 18.2 Å². The van der Waals surface area contributed by atoms with Crippen molar-refractivity contribution in [1.82, 2.24) is 29.9 Å². The topological polar surface area (TPSA) is 95.3 Å². The summed E-state index contributed by atoms with van der Waals surface area (Å²) in [5.41, 5.74) is 7.10. The SMILES string of the molecule is C=N/C=C(\C=C(/C)F)c1nc(N[C@@H]2CCc3[nH]c4ccccc4c3C2)n2nc3c(c2n1)CNCC3. The van der Waals surface area contributed by atoms with Gasteiger partial charge in [0.25, 0.3) is 0 Å². The van der Waals surface area contributed by atoms with E-state index in [2.05, 4.69) is 51.6 Å². The Kier molecular flexibility index (Phi) is 5.41. The lowest BCUT2D eigenvalue weighted by molar-refractivity contribution is 0.598. The molecule has 1 aliphatic heterocycles. The fourth-order valence-corrected chi connectivity index (χ4v) is 5.19. The molecule has 4 heterocycles. The Hall–Kier alpha value is -3.85. The van der Waals surface area contributed by atoms with Gasteiger partial charge in [-0.15, -0.1) is 0 Å². The second-order valence-electron chi connectivity index (χ2n) is 9.17. The number of aromatic amines is 1. The molecule has 1 aromatic carbocycles. The number of aryl methyl sites for hydroxylation is 1. The molecule has 0 saturated heterocycles. The molecule has 1 atom stereocenters. The number of nitrogens with zero attached hydrogens (tertiary/aromatic N) is 5. The summed E-state index contributed by atoms with van der Waals surface area (Å²) in [6, 6.07) is 8.62. The van der Waals surface area contributed by atoms with Gasteiger partial charge in [-0.05, 0) is 50.6 Å². The number of aliphatic imine (C=N–C) groups is 1. The summed E-state index contributed by atoms with van der Waals surface area (Å²) in [7, 11) is 0. The van der Waals surface area contributed by atoms with Crippen LogP contribution < -0.4 is 10.6 Å². The van der Waals surface area contributed by atoms with Gasteiger partial charge in [-0.25, -0.2) is 9.37 Å². The van der Waals surface area contributed by atoms with Gasteiger partial charge in [0, 0.05) is 59.5 Å². The third-order valence-corrected chi connectivity index (χ3v) is 6.78. The van der Waals surface area contributed by atoms with E-state index in [1.54, 1.807) is 4.52 Å². The maximum Gasteiger partial charge on any atom is 0.228 e. The van der Waals surface area contributed by atoms with E-state index < -0.39 is 0 Å². The van der Waals surface area contributed by atoms with Crippen LogP contribution in [0.4, 0.5) is 10.3 Å². The number of halogens is 1. The number of benzene rings is 1. The second kappa shape index (κ2) is 8.74. The zero-order chi connectivity index (χ0) is 23.9. The molecule has 0 unspecified atom stereocenters. The van der Waals surface area contributed by atoms with Crippen molar-refractivity contribution in [2.75, 3.05) is 11.9 Å². The Labute approximate surface area is 202 Å². The number of fused-ring (bicyclic) bond motifs is 6. The number of rotatable bonds is 5. The molecule has 3 aromatic heterocycles. The lowest BCUT2D eigenvalue weighted by atomic mass is 9.91. The first-order valence-corrected chi connectivity index (χ1v) is 11.9. The summed E-state index contributed by atoms with van der Waals surface area (Å²) in [4.78, 5) is 17.0. The highest BCUT2D eigenvalue weighted by Crippen LogP contribution is 2.31. The first-order valence-electron chi connectivity index (χ1n) is 11.9. The zero-order valence-corrected chi connectivity index (χ0v) is 19.6. The summed E-state index contributed by atoms with van der Waals surface area (Å²) in [6.07, 6.45) is 6.49. The first kappa shape index (κ1) is 21.7. The Bertz CT molecular complexity index is 1500. The predicted octanol–water partition coefficient (Wildman–Crippen LogP) is 4.14. The monoisotopic (exact) mass is 470 g/mol. The summed E-state index contributed by atoms with van der Waals surface area (Å²) in [5, 5.41) is 13.2. The minimum atomic E-state index is -0.353. The van der Waals surface area contributed by atoms with Crippen LogP contribution in [0.1, 0.15) is 41.7 Å². The zero-order valence-electron chi connectivity index (χ0n) is 19.6. The summed E-state index contributed by atoms with van der Waals surface area (Å²) < 4.78 is 15.7. The Morgan fingerprint density at radius 1 is 1.26 bits per heavy atom. The maximum absolute atomic E-state index is 13.9. The van der Waals surface area contributed by atoms with Gasteiger partial charge in [0.1, 0.15) is 0 Å². The summed E-state index contributed by atoms with van der Waals surface area (Å²) >= 11 is 0. The quantitative estimate of drug-likeness (QED) is 0.301. The molecule has 0 fully saturated rings. The van der Waals surface area contributed by atoms with Crippen LogP contribution in [-0.4, -0.2) is 43.9 Å². The number of anilines is 1. The van der Waals surface area contributed by atoms with Crippen LogP contribution in [0.2, 0.25) is 0 Å². The van der Waals surface area contributed by atoms with Gasteiger partial charge in [-0.3, -0.25) is 4.99 Å². The minimum absolute atomic E-state index is 0.176. The molecule has 0 bridgehead atoms. The van der Waals surface area contributed by atoms with E-state index in [-0.39, 0.29) is 11.9 Å². The largest absolute Gasteiger partial charge is 0.358 e. The van der Waals surface area contributed by atoms with Gasteiger partial charge in [0.15, 0.2) is 11.5 Å². The lowest BCUT2D eigenvalue weighted by Crippen LogP contribution is -2.29. The molecule has 3 N–H and O–H groups in total. The molecule has 6 rings (SSSR count). The number of allylic oxidation sites excluding steroid dienone is 3. The highest BCUT2D eigenvalue weighted by atomic mass is 19.1. The average molecular weight is 471 g/mol. The second-order valence-corrected chi connectivity index (χ2v) is 9.17. The molecule has 0 radical (unpaired) electrons. The van der Waals surface area contributed by atoms with Crippen molar-refractivity contribution in [3.05, 3.63) is 70.7 Å². The third kappa shape index (κ3) is 3.91. The predicted molar refractivity (Wildman–Crippen MR) is 136 cm³/mol. The Balaban J connectivity index is 1.43. The fourth-order valence-electron chi connectivity index (χ4n) is 5.19. The van der Waals surface area contributed by atoms with Gasteiger partial charge >= 0.3 is 0 Å². The smallest absolute Gasteiger partial charge is 0.228 e. The first-order chi connectivity index (χ1) is 17.1. The van der Waals surface area contributed by atoms with E-state index in [4.69, 9.17) is 15.1 Å². The van der Waals surface area contributed by atoms with Crippen molar-refractivity contribution in [2.45, 2.75) is 45.2 Å². The number of nitrogens with one attached hydrogen (secondary N) is 3. The molecule has 178 valence electrons. The Morgan fingerprint density at radius 3 is 3.00 bits per heavy atom. The molecule has 0 saturated carbocycles. The molecular weight excluding hydrogens is 443 g/mol. The molecule has 9 heteroatoms. The van der Waals surface area contributed by atoms with Crippen LogP contribution in [-0.2, 0) is 25.8 Å². The third-order valence-electron chi connectivity index (χ3n) is 6.78. The van der Waals surface area contributed by atoms with Crippen molar-refractivity contribution in [3.8, 4) is 0 Å². The standard InChI is InChI=1S/C26H27FN8/c1-15(27)11-16(13-28-2)24-32-25-20-14-29-10-9-23(20)34-35(25)26(33-24)30-17-7-8-22-19(12-17)18-5-3-4-6-21(18)31-22/h3-6,11,13,17,29,31H,2,7-10,12,14H2,1H3,(H,30,32,33)/b15-11+,16-13+/t17-/m1/s1. The normalized spacial score (nSPS) is 18.5.